The molecule has 2 N–H and O–H groups in total. The van der Waals surface area contributed by atoms with Crippen LogP contribution in [0.25, 0.3) is 11.3 Å². The predicted molar refractivity (Wildman–Crippen MR) is 102 cm³/mol. The number of hydrogen-bond acceptors (Lipinski definition) is 5. The molecule has 3 aromatic rings. The van der Waals surface area contributed by atoms with Crippen molar-refractivity contribution in [2.45, 2.75) is 26.1 Å². The quantitative estimate of drug-likeness (QED) is 0.673. The fraction of sp³-hybridized carbons (Fsp3) is 0.286. The summed E-state index contributed by atoms with van der Waals surface area (Å²) in [6, 6.07) is 16.1. The van der Waals surface area contributed by atoms with Crippen LogP contribution < -0.4 is 9.47 Å². The van der Waals surface area contributed by atoms with Gasteiger partial charge in [0, 0.05) is 25.2 Å². The van der Waals surface area contributed by atoms with Gasteiger partial charge < -0.3 is 14.6 Å². The number of fused-ring (bicyclic) bond motifs is 1. The van der Waals surface area contributed by atoms with Gasteiger partial charge in [0.2, 0.25) is 6.79 Å². The van der Waals surface area contributed by atoms with Gasteiger partial charge in [-0.3, -0.25) is 10.00 Å². The molecule has 0 aliphatic carbocycles. The lowest BCUT2D eigenvalue weighted by atomic mass is 10.1. The highest BCUT2D eigenvalue weighted by atomic mass is 16.7. The normalized spacial score (nSPS) is 13.9. The zero-order valence-corrected chi connectivity index (χ0v) is 15.3. The summed E-state index contributed by atoms with van der Waals surface area (Å²) in [7, 11) is 0. The number of hydrogen-bond donors (Lipinski definition) is 2. The second kappa shape index (κ2) is 7.82. The molecule has 6 heteroatoms. The van der Waals surface area contributed by atoms with Crippen molar-refractivity contribution < 1.29 is 14.6 Å². The maximum Gasteiger partial charge on any atom is 0.231 e. The third kappa shape index (κ3) is 4.13. The minimum Gasteiger partial charge on any atom is -0.454 e. The monoisotopic (exact) mass is 365 g/mol. The van der Waals surface area contributed by atoms with Gasteiger partial charge in [-0.1, -0.05) is 36.4 Å². The highest BCUT2D eigenvalue weighted by molar-refractivity contribution is 5.62. The Morgan fingerprint density at radius 1 is 1.11 bits per heavy atom. The Morgan fingerprint density at radius 3 is 2.74 bits per heavy atom. The van der Waals surface area contributed by atoms with E-state index in [1.54, 1.807) is 6.92 Å². The van der Waals surface area contributed by atoms with Crippen molar-refractivity contribution in [1.82, 2.24) is 15.1 Å². The first kappa shape index (κ1) is 17.6. The average molecular weight is 365 g/mol. The van der Waals surface area contributed by atoms with Crippen molar-refractivity contribution in [1.29, 1.82) is 0 Å². The Hall–Kier alpha value is -2.83. The van der Waals surface area contributed by atoms with E-state index in [0.29, 0.717) is 19.6 Å². The Labute approximate surface area is 158 Å². The highest BCUT2D eigenvalue weighted by Crippen LogP contribution is 2.33. The minimum absolute atomic E-state index is 0.269. The molecule has 27 heavy (non-hydrogen) atoms. The van der Waals surface area contributed by atoms with Gasteiger partial charge in [-0.2, -0.15) is 5.10 Å². The van der Waals surface area contributed by atoms with E-state index in [2.05, 4.69) is 27.2 Å². The Kier molecular flexibility index (Phi) is 5.09. The molecule has 0 fully saturated rings. The summed E-state index contributed by atoms with van der Waals surface area (Å²) in [4.78, 5) is 2.21. The molecule has 0 saturated heterocycles. The fourth-order valence-corrected chi connectivity index (χ4v) is 3.38. The fourth-order valence-electron chi connectivity index (χ4n) is 3.38. The molecule has 0 radical (unpaired) electrons. The third-order valence-electron chi connectivity index (χ3n) is 4.54. The Balaban J connectivity index is 1.54. The van der Waals surface area contributed by atoms with Crippen LogP contribution in [-0.4, -0.2) is 39.6 Å². The molecule has 1 aliphatic heterocycles. The van der Waals surface area contributed by atoms with Gasteiger partial charge in [-0.05, 0) is 30.2 Å². The maximum absolute atomic E-state index is 9.96. The Morgan fingerprint density at radius 2 is 1.93 bits per heavy atom. The van der Waals surface area contributed by atoms with Crippen molar-refractivity contribution >= 4 is 0 Å². The molecule has 4 rings (SSSR count). The molecule has 0 spiro atoms. The number of aromatic nitrogens is 2. The van der Waals surface area contributed by atoms with Gasteiger partial charge in [0.05, 0.1) is 18.0 Å². The summed E-state index contributed by atoms with van der Waals surface area (Å²) < 4.78 is 10.9. The van der Waals surface area contributed by atoms with Gasteiger partial charge >= 0.3 is 0 Å². The van der Waals surface area contributed by atoms with Crippen molar-refractivity contribution in [3.05, 3.63) is 65.9 Å². The minimum atomic E-state index is -0.425. The van der Waals surface area contributed by atoms with Gasteiger partial charge in [-0.25, -0.2) is 0 Å². The maximum atomic E-state index is 9.96. The van der Waals surface area contributed by atoms with E-state index in [-0.39, 0.29) is 6.79 Å². The zero-order valence-electron chi connectivity index (χ0n) is 15.3. The van der Waals surface area contributed by atoms with Crippen molar-refractivity contribution in [2.24, 2.45) is 0 Å². The molecule has 2 heterocycles. The van der Waals surface area contributed by atoms with Crippen LogP contribution in [0.5, 0.6) is 11.5 Å². The SMILES string of the molecule is CC(O)CN(Cc1ccc2c(c1)OCO2)Cc1cn[nH]c1-c1ccccc1. The molecule has 0 amide bonds. The number of aliphatic hydroxyl groups is 1. The molecule has 1 aromatic heterocycles. The average Bonchev–Trinajstić information content (AvgIpc) is 3.30. The van der Waals surface area contributed by atoms with Crippen molar-refractivity contribution in [3.63, 3.8) is 0 Å². The molecule has 0 saturated carbocycles. The smallest absolute Gasteiger partial charge is 0.231 e. The summed E-state index contributed by atoms with van der Waals surface area (Å²) in [6.07, 6.45) is 1.43. The first-order chi connectivity index (χ1) is 13.2. The lowest BCUT2D eigenvalue weighted by Gasteiger charge is -2.24. The molecule has 6 nitrogen and oxygen atoms in total. The van der Waals surface area contributed by atoms with E-state index in [4.69, 9.17) is 9.47 Å². The van der Waals surface area contributed by atoms with Crippen LogP contribution in [-0.2, 0) is 13.1 Å². The van der Waals surface area contributed by atoms with Crippen LogP contribution in [0.15, 0.2) is 54.7 Å². The summed E-state index contributed by atoms with van der Waals surface area (Å²) >= 11 is 0. The van der Waals surface area contributed by atoms with E-state index in [1.165, 1.54) is 0 Å². The number of aromatic amines is 1. The molecule has 1 atom stereocenters. The number of ether oxygens (including phenoxy) is 2. The molecule has 2 aromatic carbocycles. The number of nitrogens with one attached hydrogen (secondary N) is 1. The molecule has 0 bridgehead atoms. The van der Waals surface area contributed by atoms with E-state index in [1.807, 2.05) is 42.6 Å². The summed E-state index contributed by atoms with van der Waals surface area (Å²) in [5.41, 5.74) is 4.33. The molecule has 140 valence electrons. The van der Waals surface area contributed by atoms with E-state index in [0.717, 1.165) is 33.9 Å². The molecular weight excluding hydrogens is 342 g/mol. The summed E-state index contributed by atoms with van der Waals surface area (Å²) in [5, 5.41) is 17.3. The van der Waals surface area contributed by atoms with Crippen LogP contribution >= 0.6 is 0 Å². The molecule has 1 unspecified atom stereocenters. The van der Waals surface area contributed by atoms with Gasteiger partial charge in [0.1, 0.15) is 0 Å². The van der Waals surface area contributed by atoms with E-state index >= 15 is 0 Å². The second-order valence-corrected chi connectivity index (χ2v) is 6.84. The molecule has 1 aliphatic rings. The standard InChI is InChI=1S/C21H23N3O3/c1-15(25)11-24(12-16-7-8-19-20(9-16)27-14-26-19)13-18-10-22-23-21(18)17-5-3-2-4-6-17/h2-10,15,25H,11-14H2,1H3,(H,22,23). The summed E-state index contributed by atoms with van der Waals surface area (Å²) in [6.45, 7) is 4.01. The van der Waals surface area contributed by atoms with Crippen LogP contribution in [0.2, 0.25) is 0 Å². The number of benzene rings is 2. The predicted octanol–water partition coefficient (Wildman–Crippen LogP) is 3.19. The number of aliphatic hydroxyl groups excluding tert-OH is 1. The van der Waals surface area contributed by atoms with Gasteiger partial charge in [-0.15, -0.1) is 0 Å². The largest absolute Gasteiger partial charge is 0.454 e. The zero-order chi connectivity index (χ0) is 18.6. The van der Waals surface area contributed by atoms with Crippen LogP contribution in [0, 0.1) is 0 Å². The topological polar surface area (TPSA) is 70.6 Å². The van der Waals surface area contributed by atoms with E-state index in [9.17, 15) is 5.11 Å². The first-order valence-corrected chi connectivity index (χ1v) is 9.05. The lowest BCUT2D eigenvalue weighted by Crippen LogP contribution is -2.30. The van der Waals surface area contributed by atoms with Crippen LogP contribution in [0.3, 0.4) is 0 Å². The number of rotatable bonds is 7. The summed E-state index contributed by atoms with van der Waals surface area (Å²) in [5.74, 6) is 1.56. The third-order valence-corrected chi connectivity index (χ3v) is 4.54. The van der Waals surface area contributed by atoms with Crippen molar-refractivity contribution in [3.8, 4) is 22.8 Å². The lowest BCUT2D eigenvalue weighted by molar-refractivity contribution is 0.118. The number of nitrogens with zero attached hydrogens (tertiary/aromatic N) is 2. The van der Waals surface area contributed by atoms with Gasteiger partial charge in [0.15, 0.2) is 11.5 Å². The highest BCUT2D eigenvalue weighted by Gasteiger charge is 2.17. The van der Waals surface area contributed by atoms with Crippen LogP contribution in [0.4, 0.5) is 0 Å². The van der Waals surface area contributed by atoms with E-state index < -0.39 is 6.10 Å². The first-order valence-electron chi connectivity index (χ1n) is 9.05. The van der Waals surface area contributed by atoms with Crippen molar-refractivity contribution in [2.75, 3.05) is 13.3 Å². The van der Waals surface area contributed by atoms with Gasteiger partial charge in [0.25, 0.3) is 0 Å². The molecular formula is C21H23N3O3. The number of H-pyrrole nitrogens is 1. The second-order valence-electron chi connectivity index (χ2n) is 6.84. The van der Waals surface area contributed by atoms with Crippen LogP contribution in [0.1, 0.15) is 18.1 Å². The Bertz CT molecular complexity index is 893.